The summed E-state index contributed by atoms with van der Waals surface area (Å²) in [6, 6.07) is 7.40. The van der Waals surface area contributed by atoms with Crippen LogP contribution in [0.1, 0.15) is 0 Å². The summed E-state index contributed by atoms with van der Waals surface area (Å²) in [5, 5.41) is 6.97. The molecule has 1 N–H and O–H groups in total. The van der Waals surface area contributed by atoms with Crippen LogP contribution in [0.25, 0.3) is 11.1 Å². The molecule has 5 heteroatoms. The van der Waals surface area contributed by atoms with E-state index >= 15 is 0 Å². The van der Waals surface area contributed by atoms with Crippen molar-refractivity contribution in [2.75, 3.05) is 19.5 Å². The minimum absolute atomic E-state index is 0.143. The Morgan fingerprint density at radius 3 is 2.83 bits per heavy atom. The number of ether oxygens (including phenoxy) is 1. The van der Waals surface area contributed by atoms with Crippen molar-refractivity contribution < 1.29 is 4.74 Å². The van der Waals surface area contributed by atoms with Crippen LogP contribution in [-0.2, 0) is 7.05 Å². The normalized spacial score (nSPS) is 10.2. The zero-order valence-electron chi connectivity index (χ0n) is 10.6. The lowest BCUT2D eigenvalue weighted by atomic mass is 10.1. The first-order valence-electron chi connectivity index (χ1n) is 5.56. The lowest BCUT2D eigenvalue weighted by Gasteiger charge is -2.10. The molecule has 0 bridgehead atoms. The van der Waals surface area contributed by atoms with Gasteiger partial charge in [-0.3, -0.25) is 4.79 Å². The summed E-state index contributed by atoms with van der Waals surface area (Å²) in [7, 11) is 4.99. The van der Waals surface area contributed by atoms with Gasteiger partial charge in [0, 0.05) is 14.1 Å². The van der Waals surface area contributed by atoms with Gasteiger partial charge in [0.05, 0.1) is 24.6 Å². The Bertz CT molecular complexity index is 620. The number of aryl methyl sites for hydroxylation is 1. The number of methoxy groups -OCH3 is 1. The molecular formula is C13H15N3O2. The highest BCUT2D eigenvalue weighted by Crippen LogP contribution is 2.26. The van der Waals surface area contributed by atoms with Crippen molar-refractivity contribution in [3.63, 3.8) is 0 Å². The average molecular weight is 245 g/mol. The Kier molecular flexibility index (Phi) is 3.32. The van der Waals surface area contributed by atoms with Gasteiger partial charge in [-0.15, -0.1) is 0 Å². The fourth-order valence-corrected chi connectivity index (χ4v) is 1.79. The molecule has 1 aromatic heterocycles. The third kappa shape index (κ3) is 2.07. The predicted molar refractivity (Wildman–Crippen MR) is 71.0 cm³/mol. The molecular weight excluding hydrogens is 230 g/mol. The van der Waals surface area contributed by atoms with E-state index in [1.54, 1.807) is 27.4 Å². The Labute approximate surface area is 105 Å². The molecule has 0 aliphatic carbocycles. The lowest BCUT2D eigenvalue weighted by Crippen LogP contribution is -2.22. The Morgan fingerprint density at radius 2 is 2.17 bits per heavy atom. The van der Waals surface area contributed by atoms with Crippen LogP contribution in [0.4, 0.5) is 5.69 Å². The number of hydrogen-bond acceptors (Lipinski definition) is 4. The quantitative estimate of drug-likeness (QED) is 0.890. The molecule has 0 aliphatic rings. The first kappa shape index (κ1) is 12.2. The summed E-state index contributed by atoms with van der Waals surface area (Å²) >= 11 is 0. The molecule has 0 saturated carbocycles. The lowest BCUT2D eigenvalue weighted by molar-refractivity contribution is 0.415. The van der Waals surface area contributed by atoms with Crippen LogP contribution in [0, 0.1) is 0 Å². The van der Waals surface area contributed by atoms with Crippen molar-refractivity contribution in [3.05, 3.63) is 40.8 Å². The number of aromatic nitrogens is 2. The highest BCUT2D eigenvalue weighted by Gasteiger charge is 2.11. The zero-order chi connectivity index (χ0) is 13.1. The molecule has 0 radical (unpaired) electrons. The van der Waals surface area contributed by atoms with E-state index in [-0.39, 0.29) is 5.56 Å². The molecule has 1 heterocycles. The molecule has 0 spiro atoms. The van der Waals surface area contributed by atoms with E-state index in [1.807, 2.05) is 24.3 Å². The van der Waals surface area contributed by atoms with Gasteiger partial charge in [-0.2, -0.15) is 5.10 Å². The highest BCUT2D eigenvalue weighted by atomic mass is 16.5. The van der Waals surface area contributed by atoms with Gasteiger partial charge < -0.3 is 10.1 Å². The molecule has 18 heavy (non-hydrogen) atoms. The number of hydrogen-bond donors (Lipinski definition) is 1. The number of rotatable bonds is 3. The van der Waals surface area contributed by atoms with E-state index in [9.17, 15) is 4.79 Å². The van der Waals surface area contributed by atoms with Crippen molar-refractivity contribution in [1.82, 2.24) is 9.78 Å². The summed E-state index contributed by atoms with van der Waals surface area (Å²) in [5.74, 6) is 0.716. The zero-order valence-corrected chi connectivity index (χ0v) is 10.6. The minimum Gasteiger partial charge on any atom is -0.497 e. The third-order valence-electron chi connectivity index (χ3n) is 2.76. The summed E-state index contributed by atoms with van der Waals surface area (Å²) in [5.41, 5.74) is 1.96. The first-order valence-corrected chi connectivity index (χ1v) is 5.56. The van der Waals surface area contributed by atoms with Crippen molar-refractivity contribution in [2.24, 2.45) is 7.05 Å². The number of nitrogens with one attached hydrogen (secondary N) is 1. The number of benzene rings is 1. The second-order valence-corrected chi connectivity index (χ2v) is 3.84. The fourth-order valence-electron chi connectivity index (χ4n) is 1.79. The van der Waals surface area contributed by atoms with Gasteiger partial charge in [-0.25, -0.2) is 4.68 Å². The van der Waals surface area contributed by atoms with E-state index in [1.165, 1.54) is 4.68 Å². The van der Waals surface area contributed by atoms with Crippen LogP contribution in [0.3, 0.4) is 0 Å². The van der Waals surface area contributed by atoms with Crippen LogP contribution in [-0.4, -0.2) is 23.9 Å². The van der Waals surface area contributed by atoms with Gasteiger partial charge in [0.25, 0.3) is 5.56 Å². The van der Waals surface area contributed by atoms with Gasteiger partial charge in [0.1, 0.15) is 5.75 Å². The topological polar surface area (TPSA) is 56.2 Å². The average Bonchev–Trinajstić information content (AvgIpc) is 2.41. The second-order valence-electron chi connectivity index (χ2n) is 3.84. The van der Waals surface area contributed by atoms with Gasteiger partial charge in [-0.1, -0.05) is 12.1 Å². The molecule has 0 aliphatic heterocycles. The predicted octanol–water partition coefficient (Wildman–Crippen LogP) is 1.50. The molecule has 0 unspecified atom stereocenters. The molecule has 5 nitrogen and oxygen atoms in total. The van der Waals surface area contributed by atoms with Crippen LogP contribution in [0.2, 0.25) is 0 Å². The Hall–Kier alpha value is -2.30. The maximum atomic E-state index is 12.2. The van der Waals surface area contributed by atoms with E-state index in [0.717, 1.165) is 5.56 Å². The minimum atomic E-state index is -0.143. The molecule has 0 amide bonds. The maximum Gasteiger partial charge on any atom is 0.276 e. The van der Waals surface area contributed by atoms with Crippen LogP contribution in [0.5, 0.6) is 5.75 Å². The summed E-state index contributed by atoms with van der Waals surface area (Å²) in [4.78, 5) is 12.2. The first-order chi connectivity index (χ1) is 8.67. The Morgan fingerprint density at radius 1 is 1.39 bits per heavy atom. The van der Waals surface area contributed by atoms with Crippen molar-refractivity contribution >= 4 is 5.69 Å². The SMILES string of the molecule is CNc1cnn(C)c(=O)c1-c1cccc(OC)c1. The van der Waals surface area contributed by atoms with E-state index in [4.69, 9.17) is 4.74 Å². The summed E-state index contributed by atoms with van der Waals surface area (Å²) < 4.78 is 6.49. The second kappa shape index (κ2) is 4.91. The number of nitrogens with zero attached hydrogens (tertiary/aromatic N) is 2. The molecule has 0 atom stereocenters. The van der Waals surface area contributed by atoms with E-state index < -0.39 is 0 Å². The van der Waals surface area contributed by atoms with Gasteiger partial charge in [-0.05, 0) is 17.7 Å². The standard InChI is InChI=1S/C13H15N3O2/c1-14-11-8-15-16(2)13(17)12(11)9-5-4-6-10(7-9)18-3/h4-8,14H,1-3H3. The van der Waals surface area contributed by atoms with Crippen molar-refractivity contribution in [2.45, 2.75) is 0 Å². The van der Waals surface area contributed by atoms with Crippen LogP contribution in [0.15, 0.2) is 35.3 Å². The fraction of sp³-hybridized carbons (Fsp3) is 0.231. The largest absolute Gasteiger partial charge is 0.497 e. The third-order valence-corrected chi connectivity index (χ3v) is 2.76. The molecule has 1 aromatic carbocycles. The summed E-state index contributed by atoms with van der Waals surface area (Å²) in [6.45, 7) is 0. The smallest absolute Gasteiger partial charge is 0.276 e. The maximum absolute atomic E-state index is 12.2. The monoisotopic (exact) mass is 245 g/mol. The van der Waals surface area contributed by atoms with Crippen LogP contribution < -0.4 is 15.6 Å². The Balaban J connectivity index is 2.69. The number of anilines is 1. The van der Waals surface area contributed by atoms with Gasteiger partial charge in [0.2, 0.25) is 0 Å². The van der Waals surface area contributed by atoms with E-state index in [0.29, 0.717) is 17.0 Å². The molecule has 94 valence electrons. The van der Waals surface area contributed by atoms with Gasteiger partial charge >= 0.3 is 0 Å². The van der Waals surface area contributed by atoms with Crippen molar-refractivity contribution in [1.29, 1.82) is 0 Å². The highest BCUT2D eigenvalue weighted by molar-refractivity contribution is 5.76. The molecule has 0 fully saturated rings. The van der Waals surface area contributed by atoms with Crippen LogP contribution >= 0.6 is 0 Å². The molecule has 2 aromatic rings. The molecule has 2 rings (SSSR count). The van der Waals surface area contributed by atoms with Gasteiger partial charge in [0.15, 0.2) is 0 Å². The molecule has 0 saturated heterocycles. The van der Waals surface area contributed by atoms with Crippen molar-refractivity contribution in [3.8, 4) is 16.9 Å². The van der Waals surface area contributed by atoms with E-state index in [2.05, 4.69) is 10.4 Å². The summed E-state index contributed by atoms with van der Waals surface area (Å²) in [6.07, 6.45) is 1.64.